The first-order valence-electron chi connectivity index (χ1n) is 10.9. The molecule has 3 aliphatic rings. The Morgan fingerprint density at radius 1 is 1.35 bits per heavy atom. The van der Waals surface area contributed by atoms with Gasteiger partial charge >= 0.3 is 10.3 Å². The van der Waals surface area contributed by atoms with Gasteiger partial charge in [-0.15, -0.1) is 0 Å². The number of aliphatic hydroxyl groups is 1. The van der Waals surface area contributed by atoms with E-state index in [9.17, 15) is 22.9 Å². The first-order valence-corrected chi connectivity index (χ1v) is 12.3. The second-order valence-corrected chi connectivity index (χ2v) is 10.6. The van der Waals surface area contributed by atoms with Gasteiger partial charge in [0, 0.05) is 12.0 Å². The fourth-order valence-corrected chi connectivity index (χ4v) is 7.03. The summed E-state index contributed by atoms with van der Waals surface area (Å²) in [4.78, 5) is 12.4. The molecule has 2 fully saturated rings. The van der Waals surface area contributed by atoms with Gasteiger partial charge in [-0.05, 0) is 80.0 Å². The van der Waals surface area contributed by atoms with Crippen LogP contribution in [0.3, 0.4) is 0 Å². The zero-order valence-electron chi connectivity index (χ0n) is 18.1. The number of ether oxygens (including phenoxy) is 1. The molecule has 3 aliphatic carbocycles. The van der Waals surface area contributed by atoms with Crippen molar-refractivity contribution in [3.8, 4) is 0 Å². The molecule has 0 radical (unpaired) electrons. The van der Waals surface area contributed by atoms with Crippen molar-refractivity contribution in [2.45, 2.75) is 58.0 Å². The summed E-state index contributed by atoms with van der Waals surface area (Å²) in [5.74, 6) is 0.175. The lowest BCUT2D eigenvalue weighted by atomic mass is 9.55. The van der Waals surface area contributed by atoms with E-state index in [-0.39, 0.29) is 29.7 Å². The van der Waals surface area contributed by atoms with Gasteiger partial charge in [0.15, 0.2) is 0 Å². The molecule has 4 rings (SSSR count). The van der Waals surface area contributed by atoms with Gasteiger partial charge in [0.05, 0.1) is 11.8 Å². The molecule has 5 atom stereocenters. The van der Waals surface area contributed by atoms with E-state index in [2.05, 4.69) is 13.5 Å². The molecule has 2 saturated carbocycles. The first-order chi connectivity index (χ1) is 14.6. The Labute approximate surface area is 184 Å². The third-order valence-electron chi connectivity index (χ3n) is 7.70. The van der Waals surface area contributed by atoms with E-state index in [1.54, 1.807) is 19.1 Å². The van der Waals surface area contributed by atoms with E-state index in [0.717, 1.165) is 36.8 Å². The number of nitrogens with zero attached hydrogens (tertiary/aromatic N) is 1. The van der Waals surface area contributed by atoms with Crippen LogP contribution in [-0.2, 0) is 26.3 Å². The predicted octanol–water partition coefficient (Wildman–Crippen LogP) is 3.24. The van der Waals surface area contributed by atoms with Gasteiger partial charge in [0.2, 0.25) is 0 Å². The third kappa shape index (κ3) is 3.73. The summed E-state index contributed by atoms with van der Waals surface area (Å²) >= 11 is 0. The maximum absolute atomic E-state index is 12.4. The van der Waals surface area contributed by atoms with Gasteiger partial charge in [-0.1, -0.05) is 25.1 Å². The van der Waals surface area contributed by atoms with Gasteiger partial charge in [-0.2, -0.15) is 12.7 Å². The highest BCUT2D eigenvalue weighted by molar-refractivity contribution is 7.88. The van der Waals surface area contributed by atoms with Crippen molar-refractivity contribution < 1.29 is 27.6 Å². The summed E-state index contributed by atoms with van der Waals surface area (Å²) in [6, 6.07) is 5.19. The zero-order valence-corrected chi connectivity index (χ0v) is 18.9. The number of amides is 1. The number of aliphatic hydroxyl groups excluding tert-OH is 1. The van der Waals surface area contributed by atoms with Gasteiger partial charge in [-0.25, -0.2) is 0 Å². The molecule has 0 aromatic heterocycles. The fourth-order valence-electron chi connectivity index (χ4n) is 6.34. The largest absolute Gasteiger partial charge is 0.392 e. The molecule has 0 saturated heterocycles. The Kier molecular flexibility index (Phi) is 5.79. The second kappa shape index (κ2) is 7.99. The van der Waals surface area contributed by atoms with Gasteiger partial charge in [-0.3, -0.25) is 9.35 Å². The summed E-state index contributed by atoms with van der Waals surface area (Å²) in [5, 5.41) is 10.6. The van der Waals surface area contributed by atoms with Crippen LogP contribution < -0.4 is 4.31 Å². The Balaban J connectivity index is 1.66. The van der Waals surface area contributed by atoms with Crippen LogP contribution in [0.15, 0.2) is 30.4 Å². The van der Waals surface area contributed by atoms with E-state index in [1.165, 1.54) is 5.56 Å². The molecule has 1 amide bonds. The Bertz CT molecular complexity index is 1010. The number of rotatable bonds is 5. The van der Waals surface area contributed by atoms with Gasteiger partial charge in [0.1, 0.15) is 6.61 Å². The highest BCUT2D eigenvalue weighted by atomic mass is 32.2. The monoisotopic (exact) mass is 449 g/mol. The SMILES string of the molecule is C=C1C[C@@H](O)[C@@]2(C)CCC3c4ccc(N(C(=O)COCC)S(=O)(=O)O)cc4CCC3[C@H]12. The Morgan fingerprint density at radius 3 is 2.77 bits per heavy atom. The number of anilines is 1. The molecule has 2 unspecified atom stereocenters. The van der Waals surface area contributed by atoms with Crippen LogP contribution in [0, 0.1) is 17.3 Å². The molecule has 0 heterocycles. The molecule has 7 nitrogen and oxygen atoms in total. The topological polar surface area (TPSA) is 104 Å². The van der Waals surface area contributed by atoms with E-state index in [0.29, 0.717) is 22.6 Å². The average molecular weight is 450 g/mol. The minimum Gasteiger partial charge on any atom is -0.392 e. The minimum atomic E-state index is -4.77. The zero-order chi connectivity index (χ0) is 22.6. The summed E-state index contributed by atoms with van der Waals surface area (Å²) < 4.78 is 39.0. The smallest absolute Gasteiger partial charge is 0.366 e. The van der Waals surface area contributed by atoms with Gasteiger partial charge in [0.25, 0.3) is 5.91 Å². The molecule has 1 aromatic rings. The predicted molar refractivity (Wildman–Crippen MR) is 117 cm³/mol. The summed E-state index contributed by atoms with van der Waals surface area (Å²) in [6.07, 6.45) is 3.88. The lowest BCUT2D eigenvalue weighted by molar-refractivity contribution is -0.121. The van der Waals surface area contributed by atoms with Crippen molar-refractivity contribution in [2.75, 3.05) is 17.5 Å². The maximum Gasteiger partial charge on any atom is 0.366 e. The Morgan fingerprint density at radius 2 is 2.10 bits per heavy atom. The Hall–Kier alpha value is -1.74. The molecular formula is C23H31NO6S. The fraction of sp³-hybridized carbons (Fsp3) is 0.609. The average Bonchev–Trinajstić information content (AvgIpc) is 2.93. The van der Waals surface area contributed by atoms with E-state index < -0.39 is 22.8 Å². The lowest BCUT2D eigenvalue weighted by Crippen LogP contribution is -2.44. The van der Waals surface area contributed by atoms with Crippen LogP contribution in [0.5, 0.6) is 0 Å². The molecular weight excluding hydrogens is 418 g/mol. The summed E-state index contributed by atoms with van der Waals surface area (Å²) in [5.41, 5.74) is 3.33. The minimum absolute atomic E-state index is 0.122. The number of carbonyl (C=O) groups is 1. The number of benzene rings is 1. The van der Waals surface area contributed by atoms with Crippen molar-refractivity contribution in [1.82, 2.24) is 0 Å². The van der Waals surface area contributed by atoms with Crippen LogP contribution in [0.1, 0.15) is 56.6 Å². The number of hydrogen-bond donors (Lipinski definition) is 2. The quantitative estimate of drug-likeness (QED) is 0.528. The van der Waals surface area contributed by atoms with Crippen molar-refractivity contribution in [1.29, 1.82) is 0 Å². The molecule has 31 heavy (non-hydrogen) atoms. The van der Waals surface area contributed by atoms with Gasteiger partial charge < -0.3 is 9.84 Å². The highest BCUT2D eigenvalue weighted by Crippen LogP contribution is 2.62. The van der Waals surface area contributed by atoms with Crippen LogP contribution in [0.4, 0.5) is 5.69 Å². The molecule has 0 aliphatic heterocycles. The van der Waals surface area contributed by atoms with Crippen molar-refractivity contribution in [3.05, 3.63) is 41.5 Å². The van der Waals surface area contributed by atoms with Crippen LogP contribution in [0.2, 0.25) is 0 Å². The van der Waals surface area contributed by atoms with Crippen LogP contribution >= 0.6 is 0 Å². The van der Waals surface area contributed by atoms with Crippen LogP contribution in [0.25, 0.3) is 0 Å². The third-order valence-corrected chi connectivity index (χ3v) is 8.58. The lowest BCUT2D eigenvalue weighted by Gasteiger charge is -2.50. The molecule has 2 N–H and O–H groups in total. The molecule has 170 valence electrons. The molecule has 0 bridgehead atoms. The number of hydrogen-bond acceptors (Lipinski definition) is 5. The van der Waals surface area contributed by atoms with Crippen molar-refractivity contribution in [2.24, 2.45) is 17.3 Å². The highest BCUT2D eigenvalue weighted by Gasteiger charge is 2.56. The van der Waals surface area contributed by atoms with Crippen molar-refractivity contribution in [3.63, 3.8) is 0 Å². The normalized spacial score (nSPS) is 32.2. The number of carbonyl (C=O) groups excluding carboxylic acids is 1. The summed E-state index contributed by atoms with van der Waals surface area (Å²) in [7, 11) is -4.77. The van der Waals surface area contributed by atoms with E-state index in [1.807, 2.05) is 6.07 Å². The number of aryl methyl sites for hydroxylation is 1. The standard InChI is InChI=1S/C23H31NO6S/c1-4-30-13-21(26)24(31(27,28)29)16-6-8-17-15(12-16)5-7-19-18(17)9-10-23(3)20(25)11-14(2)22(19)23/h6,8,12,18-20,22,25H,2,4-5,7,9-11,13H2,1,3H3,(H,27,28,29)/t18?,19?,20-,22+,23-/m1/s1. The first kappa shape index (κ1) is 22.5. The van der Waals surface area contributed by atoms with Crippen molar-refractivity contribution >= 4 is 21.9 Å². The van der Waals surface area contributed by atoms with E-state index in [4.69, 9.17) is 4.74 Å². The number of fused-ring (bicyclic) bond motifs is 5. The van der Waals surface area contributed by atoms with E-state index >= 15 is 0 Å². The van der Waals surface area contributed by atoms with Crippen LogP contribution in [-0.4, -0.2) is 43.3 Å². The molecule has 1 aromatic carbocycles. The maximum atomic E-state index is 12.4. The summed E-state index contributed by atoms with van der Waals surface area (Å²) in [6.45, 7) is 8.00. The molecule has 0 spiro atoms. The molecule has 8 heteroatoms. The second-order valence-electron chi connectivity index (χ2n) is 9.37.